The third-order valence-corrected chi connectivity index (χ3v) is 3.39. The molecule has 4 nitrogen and oxygen atoms in total. The summed E-state index contributed by atoms with van der Waals surface area (Å²) in [4.78, 5) is 12.7. The van der Waals surface area contributed by atoms with Crippen LogP contribution >= 0.6 is 0 Å². The first-order chi connectivity index (χ1) is 11.0. The fourth-order valence-corrected chi connectivity index (χ4v) is 3.00. The maximum Gasteiger partial charge on any atom is 0.255 e. The molecule has 1 rings (SSSR count). The fraction of sp³-hybridized carbons (Fsp3) is 0.632. The molecule has 136 valence electrons. The third kappa shape index (κ3) is 5.69. The largest absolute Gasteiger partial charge is 0.490 e. The van der Waals surface area contributed by atoms with Crippen molar-refractivity contribution in [2.75, 3.05) is 13.7 Å². The smallest absolute Gasteiger partial charge is 0.255 e. The number of carbonyl (C=O) groups excluding carboxylic acids is 1. The molecule has 0 heterocycles. The van der Waals surface area contributed by atoms with Crippen molar-refractivity contribution < 1.29 is 18.7 Å². The maximum absolute atomic E-state index is 13.9. The average Bonchev–Trinajstić information content (AvgIpc) is 2.41. The van der Waals surface area contributed by atoms with Crippen molar-refractivity contribution in [3.63, 3.8) is 0 Å². The summed E-state index contributed by atoms with van der Waals surface area (Å²) in [7, 11) is 1.36. The molecular weight excluding hydrogens is 309 g/mol. The van der Waals surface area contributed by atoms with Gasteiger partial charge < -0.3 is 14.8 Å². The molecule has 1 N–H and O–H groups in total. The van der Waals surface area contributed by atoms with Gasteiger partial charge >= 0.3 is 0 Å². The Morgan fingerprint density at radius 3 is 2.29 bits per heavy atom. The Labute approximate surface area is 144 Å². The molecule has 0 spiro atoms. The predicted molar refractivity (Wildman–Crippen MR) is 94.4 cm³/mol. The summed E-state index contributed by atoms with van der Waals surface area (Å²) < 4.78 is 24.6. The van der Waals surface area contributed by atoms with Gasteiger partial charge in [-0.15, -0.1) is 0 Å². The molecule has 5 heteroatoms. The van der Waals surface area contributed by atoms with Gasteiger partial charge in [0.25, 0.3) is 5.91 Å². The standard InChI is InChI=1S/C19H30FNO3/c1-8-11-24-15-13(9-10-14(20)16(15)23-7)17(22)21-19(5,6)12-18(2,3)4/h9-10H,8,11-12H2,1-7H3,(H,21,22). The highest BCUT2D eigenvalue weighted by atomic mass is 19.1. The number of ether oxygens (including phenoxy) is 2. The first-order valence-corrected chi connectivity index (χ1v) is 8.32. The Morgan fingerprint density at radius 2 is 1.79 bits per heavy atom. The van der Waals surface area contributed by atoms with Crippen molar-refractivity contribution in [2.24, 2.45) is 5.41 Å². The van der Waals surface area contributed by atoms with Gasteiger partial charge in [-0.2, -0.15) is 0 Å². The van der Waals surface area contributed by atoms with Crippen molar-refractivity contribution in [3.05, 3.63) is 23.5 Å². The molecule has 0 saturated heterocycles. The van der Waals surface area contributed by atoms with Gasteiger partial charge in [0, 0.05) is 5.54 Å². The highest BCUT2D eigenvalue weighted by molar-refractivity contribution is 5.98. The molecular formula is C19H30FNO3. The normalized spacial score (nSPS) is 12.0. The molecule has 0 fully saturated rings. The molecule has 0 aliphatic rings. The molecule has 1 aromatic rings. The second-order valence-corrected chi connectivity index (χ2v) is 7.88. The van der Waals surface area contributed by atoms with Gasteiger partial charge in [-0.1, -0.05) is 27.7 Å². The van der Waals surface area contributed by atoms with Gasteiger partial charge in [0.2, 0.25) is 0 Å². The molecule has 0 atom stereocenters. The Kier molecular flexibility index (Phi) is 6.64. The minimum atomic E-state index is -0.547. The van der Waals surface area contributed by atoms with Crippen LogP contribution in [0.3, 0.4) is 0 Å². The zero-order valence-electron chi connectivity index (χ0n) is 15.9. The topological polar surface area (TPSA) is 47.6 Å². The number of hydrogen-bond acceptors (Lipinski definition) is 3. The van der Waals surface area contributed by atoms with Gasteiger partial charge in [0.05, 0.1) is 19.3 Å². The van der Waals surface area contributed by atoms with Gasteiger partial charge in [0.15, 0.2) is 17.3 Å². The van der Waals surface area contributed by atoms with Gasteiger partial charge in [0.1, 0.15) is 0 Å². The van der Waals surface area contributed by atoms with E-state index in [2.05, 4.69) is 26.1 Å². The molecule has 0 saturated carbocycles. The summed E-state index contributed by atoms with van der Waals surface area (Å²) in [5.41, 5.74) is -0.0543. The molecule has 0 radical (unpaired) electrons. The summed E-state index contributed by atoms with van der Waals surface area (Å²) in [6, 6.07) is 2.66. The number of carbonyl (C=O) groups is 1. The fourth-order valence-electron chi connectivity index (χ4n) is 3.00. The molecule has 0 bridgehead atoms. The van der Waals surface area contributed by atoms with Crippen LogP contribution < -0.4 is 14.8 Å². The minimum absolute atomic E-state index is 0.0373. The number of hydrogen-bond donors (Lipinski definition) is 1. The Morgan fingerprint density at radius 1 is 1.17 bits per heavy atom. The second-order valence-electron chi connectivity index (χ2n) is 7.88. The van der Waals surface area contributed by atoms with Crippen LogP contribution in [0.1, 0.15) is 64.7 Å². The highest BCUT2D eigenvalue weighted by Gasteiger charge is 2.29. The SMILES string of the molecule is CCCOc1c(C(=O)NC(C)(C)CC(C)(C)C)ccc(F)c1OC. The number of rotatable bonds is 7. The van der Waals surface area contributed by atoms with E-state index in [1.54, 1.807) is 0 Å². The Balaban J connectivity index is 3.13. The van der Waals surface area contributed by atoms with Crippen LogP contribution in [0.25, 0.3) is 0 Å². The van der Waals surface area contributed by atoms with E-state index < -0.39 is 11.4 Å². The van der Waals surface area contributed by atoms with Crippen molar-refractivity contribution in [1.82, 2.24) is 5.32 Å². The predicted octanol–water partition coefficient (Wildman–Crippen LogP) is 4.57. The first kappa shape index (κ1) is 20.3. The molecule has 24 heavy (non-hydrogen) atoms. The van der Waals surface area contributed by atoms with Crippen LogP contribution in [0.5, 0.6) is 11.5 Å². The molecule has 1 aromatic carbocycles. The van der Waals surface area contributed by atoms with E-state index in [-0.39, 0.29) is 28.4 Å². The lowest BCUT2D eigenvalue weighted by Gasteiger charge is -2.33. The lowest BCUT2D eigenvalue weighted by Crippen LogP contribution is -2.45. The van der Waals surface area contributed by atoms with Crippen molar-refractivity contribution in [1.29, 1.82) is 0 Å². The van der Waals surface area contributed by atoms with Crippen molar-refractivity contribution in [3.8, 4) is 11.5 Å². The quantitative estimate of drug-likeness (QED) is 0.792. The minimum Gasteiger partial charge on any atom is -0.490 e. The summed E-state index contributed by atoms with van der Waals surface area (Å²) in [5.74, 6) is -0.726. The second kappa shape index (κ2) is 7.86. The van der Waals surface area contributed by atoms with Gasteiger partial charge in [-0.3, -0.25) is 4.79 Å². The molecule has 1 amide bonds. The van der Waals surface area contributed by atoms with Crippen LogP contribution in [-0.2, 0) is 0 Å². The van der Waals surface area contributed by atoms with E-state index in [4.69, 9.17) is 9.47 Å². The molecule has 0 aliphatic carbocycles. The van der Waals surface area contributed by atoms with Crippen LogP contribution in [0.4, 0.5) is 4.39 Å². The van der Waals surface area contributed by atoms with Crippen LogP contribution in [-0.4, -0.2) is 25.2 Å². The van der Waals surface area contributed by atoms with E-state index in [1.165, 1.54) is 19.2 Å². The van der Waals surface area contributed by atoms with E-state index in [1.807, 2.05) is 20.8 Å². The lowest BCUT2D eigenvalue weighted by atomic mass is 9.81. The van der Waals surface area contributed by atoms with E-state index in [9.17, 15) is 9.18 Å². The lowest BCUT2D eigenvalue weighted by molar-refractivity contribution is 0.0886. The van der Waals surface area contributed by atoms with Crippen LogP contribution in [0.2, 0.25) is 0 Å². The molecule has 0 unspecified atom stereocenters. The summed E-state index contributed by atoms with van der Waals surface area (Å²) in [6.45, 7) is 12.6. The summed E-state index contributed by atoms with van der Waals surface area (Å²) >= 11 is 0. The number of benzene rings is 1. The molecule has 0 aromatic heterocycles. The number of halogens is 1. The average molecular weight is 339 g/mol. The third-order valence-electron chi connectivity index (χ3n) is 3.39. The zero-order valence-corrected chi connectivity index (χ0v) is 15.9. The van der Waals surface area contributed by atoms with Crippen LogP contribution in [0.15, 0.2) is 12.1 Å². The van der Waals surface area contributed by atoms with Crippen molar-refractivity contribution in [2.45, 2.75) is 59.9 Å². The summed E-state index contributed by atoms with van der Waals surface area (Å²) in [6.07, 6.45) is 1.55. The highest BCUT2D eigenvalue weighted by Crippen LogP contribution is 2.35. The zero-order chi connectivity index (χ0) is 18.5. The van der Waals surface area contributed by atoms with Gasteiger partial charge in [-0.25, -0.2) is 4.39 Å². The van der Waals surface area contributed by atoms with Crippen molar-refractivity contribution >= 4 is 5.91 Å². The van der Waals surface area contributed by atoms with E-state index in [0.29, 0.717) is 6.61 Å². The number of methoxy groups -OCH3 is 1. The molecule has 0 aliphatic heterocycles. The van der Waals surface area contributed by atoms with Gasteiger partial charge in [-0.05, 0) is 44.2 Å². The summed E-state index contributed by atoms with van der Waals surface area (Å²) in [5, 5.41) is 3.02. The Bertz CT molecular complexity index is 577. The monoisotopic (exact) mass is 339 g/mol. The Hall–Kier alpha value is -1.78. The van der Waals surface area contributed by atoms with E-state index >= 15 is 0 Å². The van der Waals surface area contributed by atoms with Crippen LogP contribution in [0, 0.1) is 11.2 Å². The van der Waals surface area contributed by atoms with E-state index in [0.717, 1.165) is 12.8 Å². The first-order valence-electron chi connectivity index (χ1n) is 8.32. The number of nitrogens with one attached hydrogen (secondary N) is 1. The number of amides is 1. The maximum atomic E-state index is 13.9.